The van der Waals surface area contributed by atoms with Gasteiger partial charge in [0, 0.05) is 18.5 Å². The monoisotopic (exact) mass is 410 g/mol. The fourth-order valence-corrected chi connectivity index (χ4v) is 3.42. The van der Waals surface area contributed by atoms with Crippen molar-refractivity contribution in [3.8, 4) is 5.75 Å². The minimum atomic E-state index is -2.87. The van der Waals surface area contributed by atoms with Crippen LogP contribution in [0.25, 0.3) is 5.70 Å². The van der Waals surface area contributed by atoms with Crippen LogP contribution < -0.4 is 20.5 Å². The number of carbonyl (C=O) groups is 1. The van der Waals surface area contributed by atoms with Gasteiger partial charge in [0.05, 0.1) is 31.0 Å². The molecule has 1 aliphatic rings. The fourth-order valence-electron chi connectivity index (χ4n) is 2.54. The lowest BCUT2D eigenvalue weighted by atomic mass is 10.2. The minimum absolute atomic E-state index is 0.0511. The van der Waals surface area contributed by atoms with E-state index >= 15 is 0 Å². The Balaban J connectivity index is 1.46. The van der Waals surface area contributed by atoms with Crippen LogP contribution in [0.15, 0.2) is 36.2 Å². The van der Waals surface area contributed by atoms with Crippen LogP contribution >= 0.6 is 11.3 Å². The molecule has 2 aromatic rings. The molecular formula is C18H20F2N4O3S. The zero-order chi connectivity index (χ0) is 19.9. The van der Waals surface area contributed by atoms with Gasteiger partial charge in [0.2, 0.25) is 5.91 Å². The molecule has 0 aliphatic carbocycles. The maximum absolute atomic E-state index is 12.2. The summed E-state index contributed by atoms with van der Waals surface area (Å²) < 4.78 is 33.9. The average Bonchev–Trinajstić information content (AvgIpc) is 3.15. The Bertz CT molecular complexity index is 807. The summed E-state index contributed by atoms with van der Waals surface area (Å²) in [5.74, 6) is -0.215. The van der Waals surface area contributed by atoms with Crippen molar-refractivity contribution in [3.05, 3.63) is 47.5 Å². The summed E-state index contributed by atoms with van der Waals surface area (Å²) >= 11 is 1.50. The third kappa shape index (κ3) is 5.64. The van der Waals surface area contributed by atoms with E-state index in [4.69, 9.17) is 4.74 Å². The van der Waals surface area contributed by atoms with E-state index in [9.17, 15) is 13.6 Å². The largest absolute Gasteiger partial charge is 0.435 e. The third-order valence-corrected chi connectivity index (χ3v) is 4.89. The predicted molar refractivity (Wildman–Crippen MR) is 102 cm³/mol. The van der Waals surface area contributed by atoms with Gasteiger partial charge in [-0.15, -0.1) is 11.3 Å². The van der Waals surface area contributed by atoms with Crippen LogP contribution in [0.3, 0.4) is 0 Å². The van der Waals surface area contributed by atoms with Crippen molar-refractivity contribution in [3.63, 3.8) is 0 Å². The van der Waals surface area contributed by atoms with Crippen LogP contribution in [-0.2, 0) is 16.0 Å². The fraction of sp³-hybridized carbons (Fsp3) is 0.333. The lowest BCUT2D eigenvalue weighted by Crippen LogP contribution is -2.37. The van der Waals surface area contributed by atoms with Gasteiger partial charge in [-0.1, -0.05) is 6.58 Å². The molecule has 1 aliphatic heterocycles. The normalized spacial score (nSPS) is 14.0. The molecule has 2 N–H and O–H groups in total. The SMILES string of the molecule is C=C(NNC(=O)Cc1csc(N2CCOCC2)n1)c1ccc(OC(F)F)cc1. The maximum Gasteiger partial charge on any atom is 0.387 e. The summed E-state index contributed by atoms with van der Waals surface area (Å²) in [6.07, 6.45) is 0.127. The Morgan fingerprint density at radius 1 is 1.29 bits per heavy atom. The number of hydrogen-bond donors (Lipinski definition) is 2. The van der Waals surface area contributed by atoms with E-state index in [1.165, 1.54) is 23.5 Å². The number of amides is 1. The Morgan fingerprint density at radius 3 is 2.68 bits per heavy atom. The molecule has 0 spiro atoms. The Kier molecular flexibility index (Phi) is 6.77. The van der Waals surface area contributed by atoms with Gasteiger partial charge in [-0.05, 0) is 29.8 Å². The van der Waals surface area contributed by atoms with Crippen LogP contribution in [0.2, 0.25) is 0 Å². The number of hydrazine groups is 1. The quantitative estimate of drug-likeness (QED) is 0.651. The van der Waals surface area contributed by atoms with Gasteiger partial charge >= 0.3 is 6.61 Å². The average molecular weight is 410 g/mol. The highest BCUT2D eigenvalue weighted by Crippen LogP contribution is 2.22. The number of ether oxygens (including phenoxy) is 2. The first-order chi connectivity index (χ1) is 13.5. The van der Waals surface area contributed by atoms with Crippen molar-refractivity contribution in [2.24, 2.45) is 0 Å². The number of benzene rings is 1. The van der Waals surface area contributed by atoms with Crippen LogP contribution in [0.4, 0.5) is 13.9 Å². The number of morpholine rings is 1. The van der Waals surface area contributed by atoms with Gasteiger partial charge in [0.25, 0.3) is 0 Å². The lowest BCUT2D eigenvalue weighted by molar-refractivity contribution is -0.121. The van der Waals surface area contributed by atoms with Crippen LogP contribution in [0.5, 0.6) is 5.75 Å². The van der Waals surface area contributed by atoms with Gasteiger partial charge in [-0.3, -0.25) is 15.6 Å². The summed E-state index contributed by atoms with van der Waals surface area (Å²) in [4.78, 5) is 18.8. The Morgan fingerprint density at radius 2 is 2.00 bits per heavy atom. The van der Waals surface area contributed by atoms with Gasteiger partial charge in [-0.2, -0.15) is 8.78 Å². The number of halogens is 2. The summed E-state index contributed by atoms with van der Waals surface area (Å²) in [6, 6.07) is 5.93. The number of aromatic nitrogens is 1. The molecule has 3 rings (SSSR count). The van der Waals surface area contributed by atoms with Crippen molar-refractivity contribution in [2.75, 3.05) is 31.2 Å². The summed E-state index contributed by atoms with van der Waals surface area (Å²) in [6.45, 7) is 3.88. The van der Waals surface area contributed by atoms with Crippen LogP contribution in [-0.4, -0.2) is 43.8 Å². The van der Waals surface area contributed by atoms with Crippen molar-refractivity contribution in [2.45, 2.75) is 13.0 Å². The van der Waals surface area contributed by atoms with E-state index in [0.717, 1.165) is 18.2 Å². The molecule has 0 unspecified atom stereocenters. The molecule has 10 heteroatoms. The first kappa shape index (κ1) is 20.0. The molecule has 150 valence electrons. The van der Waals surface area contributed by atoms with Crippen LogP contribution in [0, 0.1) is 0 Å². The highest BCUT2D eigenvalue weighted by molar-refractivity contribution is 7.13. The van der Waals surface area contributed by atoms with E-state index in [-0.39, 0.29) is 18.1 Å². The molecule has 0 bridgehead atoms. The number of nitrogens with zero attached hydrogens (tertiary/aromatic N) is 2. The number of hydrogen-bond acceptors (Lipinski definition) is 7. The van der Waals surface area contributed by atoms with Gasteiger partial charge in [0.15, 0.2) is 5.13 Å². The zero-order valence-electron chi connectivity index (χ0n) is 15.0. The molecule has 1 fully saturated rings. The lowest BCUT2D eigenvalue weighted by Gasteiger charge is -2.26. The van der Waals surface area contributed by atoms with E-state index in [1.807, 2.05) is 5.38 Å². The predicted octanol–water partition coefficient (Wildman–Crippen LogP) is 2.42. The Hall–Kier alpha value is -2.72. The molecular weight excluding hydrogens is 390 g/mol. The highest BCUT2D eigenvalue weighted by Gasteiger charge is 2.16. The first-order valence-corrected chi connectivity index (χ1v) is 9.45. The first-order valence-electron chi connectivity index (χ1n) is 8.57. The molecule has 1 aromatic carbocycles. The van der Waals surface area contributed by atoms with E-state index < -0.39 is 6.61 Å². The molecule has 1 aromatic heterocycles. The van der Waals surface area contributed by atoms with Crippen LogP contribution in [0.1, 0.15) is 11.3 Å². The molecule has 2 heterocycles. The number of carbonyl (C=O) groups excluding carboxylic acids is 1. The van der Waals surface area contributed by atoms with E-state index in [1.54, 1.807) is 12.1 Å². The summed E-state index contributed by atoms with van der Waals surface area (Å²) in [7, 11) is 0. The third-order valence-electron chi connectivity index (χ3n) is 3.94. The van der Waals surface area contributed by atoms with E-state index in [0.29, 0.717) is 30.2 Å². The molecule has 0 atom stereocenters. The summed E-state index contributed by atoms with van der Waals surface area (Å²) in [5, 5.41) is 2.75. The molecule has 28 heavy (non-hydrogen) atoms. The molecule has 0 radical (unpaired) electrons. The smallest absolute Gasteiger partial charge is 0.387 e. The highest BCUT2D eigenvalue weighted by atomic mass is 32.1. The minimum Gasteiger partial charge on any atom is -0.435 e. The van der Waals surface area contributed by atoms with Crippen molar-refractivity contribution < 1.29 is 23.0 Å². The van der Waals surface area contributed by atoms with Gasteiger partial charge in [-0.25, -0.2) is 4.98 Å². The zero-order valence-corrected chi connectivity index (χ0v) is 15.8. The second-order valence-corrected chi connectivity index (χ2v) is 6.79. The standard InChI is InChI=1S/C18H20F2N4O3S/c1-12(13-2-4-15(5-3-13)27-17(19)20)22-23-16(25)10-14-11-28-18(21-14)24-6-8-26-9-7-24/h2-5,11,17,22H,1,6-10H2,(H,23,25). The van der Waals surface area contributed by atoms with E-state index in [2.05, 4.69) is 32.1 Å². The number of nitrogens with one attached hydrogen (secondary N) is 2. The second kappa shape index (κ2) is 9.47. The van der Waals surface area contributed by atoms with Gasteiger partial charge < -0.3 is 14.4 Å². The summed E-state index contributed by atoms with van der Waals surface area (Å²) in [5.41, 5.74) is 7.01. The number of anilines is 1. The number of rotatable bonds is 8. The molecule has 1 amide bonds. The van der Waals surface area contributed by atoms with Crippen molar-refractivity contribution >= 4 is 28.1 Å². The maximum atomic E-state index is 12.2. The molecule has 0 saturated carbocycles. The number of thiazole rings is 1. The topological polar surface area (TPSA) is 75.7 Å². The molecule has 1 saturated heterocycles. The van der Waals surface area contributed by atoms with Crippen molar-refractivity contribution in [1.82, 2.24) is 15.8 Å². The molecule has 7 nitrogen and oxygen atoms in total. The van der Waals surface area contributed by atoms with Gasteiger partial charge in [0.1, 0.15) is 5.75 Å². The van der Waals surface area contributed by atoms with Crippen molar-refractivity contribution in [1.29, 1.82) is 0 Å². The second-order valence-electron chi connectivity index (χ2n) is 5.95. The number of alkyl halides is 2. The Labute approximate surface area is 164 Å².